The van der Waals surface area contributed by atoms with Crippen LogP contribution < -0.4 is 9.30 Å². The van der Waals surface area contributed by atoms with Crippen LogP contribution in [0.2, 0.25) is 10.4 Å². The van der Waals surface area contributed by atoms with Crippen LogP contribution in [0.15, 0.2) is 36.7 Å². The normalized spacial score (nSPS) is 26.2. The fraction of sp³-hybridized carbons (Fsp3) is 0.312. The van der Waals surface area contributed by atoms with Gasteiger partial charge >= 0.3 is 10.9 Å². The van der Waals surface area contributed by atoms with Crippen molar-refractivity contribution in [3.05, 3.63) is 47.1 Å². The highest BCUT2D eigenvalue weighted by Crippen LogP contribution is 2.35. The highest BCUT2D eigenvalue weighted by molar-refractivity contribution is 6.35. The van der Waals surface area contributed by atoms with Crippen LogP contribution in [0.4, 0.5) is 8.78 Å². The number of H-pyrrole nitrogens is 1. The van der Waals surface area contributed by atoms with Crippen LogP contribution in [0.25, 0.3) is 11.2 Å². The number of aromatic nitrogens is 4. The molecule has 4 rings (SSSR count). The molecule has 1 N–H and O–H groups in total. The van der Waals surface area contributed by atoms with E-state index in [0.717, 1.165) is 0 Å². The number of aromatic amines is 1. The van der Waals surface area contributed by atoms with Gasteiger partial charge in [-0.05, 0) is 23.7 Å². The minimum absolute atomic E-state index is 0.0619. The average molecular weight is 386 g/mol. The van der Waals surface area contributed by atoms with Crippen molar-refractivity contribution < 1.29 is 18.1 Å². The Bertz CT molecular complexity index is 908. The number of nitrogens with zero attached hydrogens (tertiary/aromatic N) is 3. The van der Waals surface area contributed by atoms with E-state index in [4.69, 9.17) is 27.9 Å². The van der Waals surface area contributed by atoms with Gasteiger partial charge in [-0.3, -0.25) is 4.98 Å². The zero-order valence-electron chi connectivity index (χ0n) is 12.7. The second-order valence-corrected chi connectivity index (χ2v) is 6.52. The summed E-state index contributed by atoms with van der Waals surface area (Å²) in [7, 11) is 0. The standard InChI is InChI=1S/C16H12Cl2F2N4O/c17-14-13-15(23-16(18)22-14)24(7-21-13)9-6-10(12(20)11(9)19)25-8-4-2-1-3-5-8/h1-5,7,9-12H,6H2/p+1/t9-,10-,11+,12?/m0/s1. The summed E-state index contributed by atoms with van der Waals surface area (Å²) in [4.78, 5) is 10.8. The minimum atomic E-state index is -1.75. The van der Waals surface area contributed by atoms with Gasteiger partial charge in [0.1, 0.15) is 17.9 Å². The molecule has 0 bridgehead atoms. The van der Waals surface area contributed by atoms with Gasteiger partial charge in [0.05, 0.1) is 0 Å². The van der Waals surface area contributed by atoms with E-state index in [-0.39, 0.29) is 16.9 Å². The largest absolute Gasteiger partial charge is 0.487 e. The second-order valence-electron chi connectivity index (χ2n) is 5.82. The van der Waals surface area contributed by atoms with Crippen molar-refractivity contribution in [3.8, 4) is 5.75 Å². The molecule has 1 saturated carbocycles. The van der Waals surface area contributed by atoms with Gasteiger partial charge in [0, 0.05) is 6.42 Å². The van der Waals surface area contributed by atoms with Gasteiger partial charge in [0.25, 0.3) is 0 Å². The van der Waals surface area contributed by atoms with Crippen molar-refractivity contribution in [2.45, 2.75) is 30.9 Å². The van der Waals surface area contributed by atoms with Crippen molar-refractivity contribution >= 4 is 34.4 Å². The summed E-state index contributed by atoms with van der Waals surface area (Å²) in [6.07, 6.45) is -2.75. The number of nitrogens with one attached hydrogen (secondary N) is 1. The Labute approximate surface area is 151 Å². The molecule has 9 heteroatoms. The first-order valence-corrected chi connectivity index (χ1v) is 8.41. The van der Waals surface area contributed by atoms with Crippen molar-refractivity contribution in [1.29, 1.82) is 0 Å². The Kier molecular flexibility index (Phi) is 4.21. The average Bonchev–Trinajstić information content (AvgIpc) is 3.12. The lowest BCUT2D eigenvalue weighted by atomic mass is 10.2. The van der Waals surface area contributed by atoms with Crippen molar-refractivity contribution in [1.82, 2.24) is 15.0 Å². The molecule has 0 spiro atoms. The fourth-order valence-electron chi connectivity index (χ4n) is 3.13. The van der Waals surface area contributed by atoms with Crippen molar-refractivity contribution in [2.75, 3.05) is 0 Å². The van der Waals surface area contributed by atoms with Gasteiger partial charge in [-0.1, -0.05) is 34.8 Å². The molecule has 1 aromatic carbocycles. The molecular formula is C16H13Cl2F2N4O+. The second kappa shape index (κ2) is 6.38. The summed E-state index contributed by atoms with van der Waals surface area (Å²) in [5.41, 5.74) is 0.742. The Morgan fingerprint density at radius 1 is 1.12 bits per heavy atom. The van der Waals surface area contributed by atoms with Gasteiger partial charge in [0.2, 0.25) is 5.52 Å². The van der Waals surface area contributed by atoms with Crippen LogP contribution >= 0.6 is 23.2 Å². The summed E-state index contributed by atoms with van der Waals surface area (Å²) < 4.78 is 36.2. The Hall–Kier alpha value is -1.99. The van der Waals surface area contributed by atoms with Gasteiger partial charge in [-0.15, -0.1) is 0 Å². The lowest BCUT2D eigenvalue weighted by Gasteiger charge is -2.15. The third kappa shape index (κ3) is 2.91. The maximum Gasteiger partial charge on any atom is 0.308 e. The molecule has 1 aliphatic carbocycles. The van der Waals surface area contributed by atoms with E-state index in [1.807, 2.05) is 6.07 Å². The number of alkyl halides is 2. The fourth-order valence-corrected chi connectivity index (χ4v) is 3.55. The van der Waals surface area contributed by atoms with Crippen LogP contribution in [0, 0.1) is 0 Å². The van der Waals surface area contributed by atoms with E-state index in [0.29, 0.717) is 16.9 Å². The van der Waals surface area contributed by atoms with E-state index < -0.39 is 24.5 Å². The molecular weight excluding hydrogens is 373 g/mol. The number of ether oxygens (including phenoxy) is 1. The molecule has 0 aliphatic heterocycles. The molecule has 1 aliphatic rings. The zero-order chi connectivity index (χ0) is 17.6. The third-order valence-electron chi connectivity index (χ3n) is 4.30. The zero-order valence-corrected chi connectivity index (χ0v) is 14.3. The molecule has 1 fully saturated rings. The lowest BCUT2D eigenvalue weighted by molar-refractivity contribution is -0.704. The molecule has 5 nitrogen and oxygen atoms in total. The predicted octanol–water partition coefficient (Wildman–Crippen LogP) is 3.62. The molecule has 1 unspecified atom stereocenters. The van der Waals surface area contributed by atoms with E-state index in [9.17, 15) is 8.78 Å². The van der Waals surface area contributed by atoms with Crippen LogP contribution in [0.1, 0.15) is 12.5 Å². The van der Waals surface area contributed by atoms with E-state index >= 15 is 0 Å². The third-order valence-corrected chi connectivity index (χ3v) is 4.74. The summed E-state index contributed by atoms with van der Waals surface area (Å²) in [6, 6.07) is 8.00. The van der Waals surface area contributed by atoms with Crippen molar-refractivity contribution in [3.63, 3.8) is 0 Å². The van der Waals surface area contributed by atoms with Crippen LogP contribution in [-0.2, 0) is 0 Å². The number of hydrogen-bond donors (Lipinski definition) is 1. The quantitative estimate of drug-likeness (QED) is 0.425. The Morgan fingerprint density at radius 3 is 2.64 bits per heavy atom. The molecule has 0 radical (unpaired) electrons. The molecule has 2 heterocycles. The van der Waals surface area contributed by atoms with Crippen LogP contribution in [0.3, 0.4) is 0 Å². The molecule has 0 saturated heterocycles. The summed E-state index contributed by atoms with van der Waals surface area (Å²) >= 11 is 11.8. The molecule has 4 atom stereocenters. The van der Waals surface area contributed by atoms with Gasteiger partial charge in [-0.25, -0.2) is 13.3 Å². The van der Waals surface area contributed by atoms with E-state index in [2.05, 4.69) is 15.0 Å². The minimum Gasteiger partial charge on any atom is -0.487 e. The Morgan fingerprint density at radius 2 is 1.88 bits per heavy atom. The maximum absolute atomic E-state index is 14.6. The summed E-state index contributed by atoms with van der Waals surface area (Å²) in [5.74, 6) is 0.500. The summed E-state index contributed by atoms with van der Waals surface area (Å²) in [6.45, 7) is 0. The number of benzene rings is 1. The van der Waals surface area contributed by atoms with Gasteiger partial charge in [-0.2, -0.15) is 4.98 Å². The molecule has 3 aromatic rings. The summed E-state index contributed by atoms with van der Waals surface area (Å²) in [5, 5.41) is 0.0594. The monoisotopic (exact) mass is 385 g/mol. The topological polar surface area (TPSA) is 54.7 Å². The molecule has 2 aromatic heterocycles. The number of rotatable bonds is 3. The van der Waals surface area contributed by atoms with Crippen LogP contribution in [-0.4, -0.2) is 33.4 Å². The maximum atomic E-state index is 14.6. The predicted molar refractivity (Wildman–Crippen MR) is 88.4 cm³/mol. The van der Waals surface area contributed by atoms with Crippen molar-refractivity contribution in [2.24, 2.45) is 0 Å². The first kappa shape index (κ1) is 16.5. The smallest absolute Gasteiger partial charge is 0.308 e. The number of para-hydroxylation sites is 1. The van der Waals surface area contributed by atoms with E-state index in [1.54, 1.807) is 24.3 Å². The highest BCUT2D eigenvalue weighted by atomic mass is 35.5. The molecule has 0 amide bonds. The lowest BCUT2D eigenvalue weighted by Crippen LogP contribution is -2.43. The number of imidazole rings is 1. The first-order valence-electron chi connectivity index (χ1n) is 7.65. The number of fused-ring (bicyclic) bond motifs is 1. The van der Waals surface area contributed by atoms with Gasteiger partial charge < -0.3 is 4.74 Å². The SMILES string of the molecule is FC1[C@@H](Oc2ccccc2)C[C@H]([n+]2c[nH]c3c(Cl)nc(Cl)nc32)[C@H]1F. The number of hydrogen-bond acceptors (Lipinski definition) is 3. The van der Waals surface area contributed by atoms with E-state index in [1.165, 1.54) is 10.9 Å². The highest BCUT2D eigenvalue weighted by Gasteiger charge is 2.49. The molecule has 130 valence electrons. The van der Waals surface area contributed by atoms with Crippen LogP contribution in [0.5, 0.6) is 5.75 Å². The first-order chi connectivity index (χ1) is 12.0. The number of halogens is 4. The molecule has 25 heavy (non-hydrogen) atoms. The Balaban J connectivity index is 1.65. The van der Waals surface area contributed by atoms with Gasteiger partial charge in [0.15, 0.2) is 23.8 Å².